The Balaban J connectivity index is 1.32. The zero-order chi connectivity index (χ0) is 26.7. The van der Waals surface area contributed by atoms with Crippen LogP contribution in [0.4, 0.5) is 13.2 Å². The van der Waals surface area contributed by atoms with Crippen molar-refractivity contribution in [3.63, 3.8) is 0 Å². The highest BCUT2D eigenvalue weighted by atomic mass is 19.4. The topological polar surface area (TPSA) is 131 Å². The van der Waals surface area contributed by atoms with Crippen molar-refractivity contribution in [2.24, 2.45) is 0 Å². The van der Waals surface area contributed by atoms with Crippen molar-refractivity contribution < 1.29 is 32.1 Å². The van der Waals surface area contributed by atoms with Gasteiger partial charge in [0.2, 0.25) is 11.6 Å². The van der Waals surface area contributed by atoms with Crippen molar-refractivity contribution >= 4 is 5.78 Å². The maximum Gasteiger partial charge on any atom is 0.422 e. The summed E-state index contributed by atoms with van der Waals surface area (Å²) in [7, 11) is 0. The third kappa shape index (κ3) is 5.25. The summed E-state index contributed by atoms with van der Waals surface area (Å²) < 4.78 is 51.9. The number of alkyl halides is 3. The summed E-state index contributed by atoms with van der Waals surface area (Å²) in [6, 6.07) is 13.9. The smallest absolute Gasteiger partial charge is 0.381 e. The number of rotatable bonds is 9. The minimum atomic E-state index is -4.79. The molecule has 2 N–H and O–H groups in total. The van der Waals surface area contributed by atoms with E-state index in [9.17, 15) is 23.1 Å². The second kappa shape index (κ2) is 10.4. The van der Waals surface area contributed by atoms with E-state index in [2.05, 4.69) is 25.3 Å². The first kappa shape index (κ1) is 25.1. The Morgan fingerprint density at radius 1 is 1.00 bits per heavy atom. The molecule has 0 saturated carbocycles. The highest BCUT2D eigenvalue weighted by molar-refractivity contribution is 5.84. The molecule has 9 nitrogen and oxygen atoms in total. The van der Waals surface area contributed by atoms with E-state index in [-0.39, 0.29) is 29.3 Å². The van der Waals surface area contributed by atoms with Gasteiger partial charge in [-0.1, -0.05) is 64.9 Å². The molecule has 5 rings (SSSR count). The molecule has 0 aliphatic carbocycles. The van der Waals surface area contributed by atoms with Crippen LogP contribution in [0.5, 0.6) is 0 Å². The van der Waals surface area contributed by atoms with Gasteiger partial charge < -0.3 is 19.1 Å². The maximum absolute atomic E-state index is 13.9. The van der Waals surface area contributed by atoms with Crippen LogP contribution in [0.15, 0.2) is 76.2 Å². The molecule has 12 heteroatoms. The molecule has 2 aromatic carbocycles. The molecular weight excluding hydrogens is 503 g/mol. The number of aromatic nitrogens is 5. The summed E-state index contributed by atoms with van der Waals surface area (Å²) in [5.74, 6) is -1.52. The molecule has 38 heavy (non-hydrogen) atoms. The van der Waals surface area contributed by atoms with Gasteiger partial charge in [-0.3, -0.25) is 4.79 Å². The number of carbonyl (C=O) groups excluding carboxylic acids is 1. The molecule has 0 fully saturated rings. The number of carbonyl (C=O) groups is 1. The van der Waals surface area contributed by atoms with Crippen LogP contribution < -0.4 is 0 Å². The lowest BCUT2D eigenvalue weighted by atomic mass is 10.00. The number of aliphatic hydroxyl groups excluding tert-OH is 1. The lowest BCUT2D eigenvalue weighted by Gasteiger charge is -2.10. The Labute approximate surface area is 213 Å². The highest BCUT2D eigenvalue weighted by Crippen LogP contribution is 2.43. The lowest BCUT2D eigenvalue weighted by molar-refractivity contribution is -0.137. The van der Waals surface area contributed by atoms with E-state index in [0.29, 0.717) is 24.0 Å². The largest absolute Gasteiger partial charge is 0.422 e. The summed E-state index contributed by atoms with van der Waals surface area (Å²) in [5, 5.41) is 17.8. The third-order valence-corrected chi connectivity index (χ3v) is 5.86. The monoisotopic (exact) mass is 523 g/mol. The summed E-state index contributed by atoms with van der Waals surface area (Å²) >= 11 is 0. The predicted octanol–water partition coefficient (Wildman–Crippen LogP) is 5.43. The van der Waals surface area contributed by atoms with Gasteiger partial charge in [0, 0.05) is 29.4 Å². The summed E-state index contributed by atoms with van der Waals surface area (Å²) in [5.41, 5.74) is 0.383. The normalized spacial score (nSPS) is 12.5. The van der Waals surface area contributed by atoms with Gasteiger partial charge >= 0.3 is 6.18 Å². The van der Waals surface area contributed by atoms with Gasteiger partial charge in [-0.15, -0.1) is 0 Å². The number of nitrogens with one attached hydrogen (secondary N) is 1. The van der Waals surface area contributed by atoms with E-state index in [0.717, 1.165) is 5.69 Å². The molecule has 0 saturated heterocycles. The Bertz CT molecular complexity index is 1510. The van der Waals surface area contributed by atoms with Gasteiger partial charge in [-0.05, 0) is 18.4 Å². The van der Waals surface area contributed by atoms with Crippen LogP contribution in [-0.2, 0) is 17.4 Å². The molecule has 194 valence electrons. The van der Waals surface area contributed by atoms with E-state index < -0.39 is 29.5 Å². The number of aryl methyl sites for hydroxylation is 1. The number of aromatic amines is 1. The van der Waals surface area contributed by atoms with E-state index in [1.54, 1.807) is 30.7 Å². The van der Waals surface area contributed by atoms with E-state index in [1.165, 1.54) is 36.4 Å². The van der Waals surface area contributed by atoms with Crippen molar-refractivity contribution in [1.82, 2.24) is 25.3 Å². The van der Waals surface area contributed by atoms with Crippen LogP contribution in [0.25, 0.3) is 34.3 Å². The Hall–Kier alpha value is -4.58. The summed E-state index contributed by atoms with van der Waals surface area (Å²) in [6.45, 7) is 0. The van der Waals surface area contributed by atoms with Gasteiger partial charge in [0.05, 0.1) is 6.33 Å². The average Bonchev–Trinajstić information content (AvgIpc) is 3.69. The first-order valence-electron chi connectivity index (χ1n) is 11.6. The fraction of sp³-hybridized carbons (Fsp3) is 0.192. The van der Waals surface area contributed by atoms with Crippen LogP contribution >= 0.6 is 0 Å². The minimum absolute atomic E-state index is 0.00212. The Morgan fingerprint density at radius 2 is 1.76 bits per heavy atom. The number of hydrogen-bond acceptors (Lipinski definition) is 8. The molecule has 5 aromatic rings. The molecular formula is C26H20F3N5O4. The number of halogens is 3. The van der Waals surface area contributed by atoms with Crippen LogP contribution in [0.2, 0.25) is 0 Å². The average molecular weight is 523 g/mol. The lowest BCUT2D eigenvalue weighted by Crippen LogP contribution is -2.12. The number of aliphatic hydroxyl groups is 1. The maximum atomic E-state index is 13.9. The number of benzene rings is 2. The molecule has 3 aromatic heterocycles. The molecule has 0 amide bonds. The summed E-state index contributed by atoms with van der Waals surface area (Å²) in [6.07, 6.45) is -1.51. The van der Waals surface area contributed by atoms with Gasteiger partial charge in [0.1, 0.15) is 17.4 Å². The van der Waals surface area contributed by atoms with E-state index >= 15 is 0 Å². The number of nitrogens with zero attached hydrogens (tertiary/aromatic N) is 4. The molecule has 3 heterocycles. The fourth-order valence-electron chi connectivity index (χ4n) is 3.94. The van der Waals surface area contributed by atoms with Crippen molar-refractivity contribution in [3.05, 3.63) is 83.9 Å². The molecule has 0 aliphatic heterocycles. The second-order valence-electron chi connectivity index (χ2n) is 8.44. The Morgan fingerprint density at radius 3 is 2.45 bits per heavy atom. The number of ketones is 1. The number of hydrogen-bond donors (Lipinski definition) is 2. The Kier molecular flexibility index (Phi) is 6.88. The molecule has 0 aliphatic rings. The van der Waals surface area contributed by atoms with Crippen molar-refractivity contribution in [1.29, 1.82) is 0 Å². The highest BCUT2D eigenvalue weighted by Gasteiger charge is 2.43. The third-order valence-electron chi connectivity index (χ3n) is 5.86. The minimum Gasteiger partial charge on any atom is -0.381 e. The van der Waals surface area contributed by atoms with Crippen LogP contribution in [-0.4, -0.2) is 36.2 Å². The standard InChI is InChI=1S/C26H20F3N5O4/c27-26(28,29)20-21(15-5-2-1-3-6-15)33-37-23(20)25-32-24(34-38-25)17-11-9-16(10-12-17)22(36)19(35)8-4-7-18-13-30-14-31-18/h1-3,5-6,9-14,22,36H,4,7-8H2,(H,30,31). The quantitative estimate of drug-likeness (QED) is 0.262. The first-order chi connectivity index (χ1) is 18.3. The fourth-order valence-corrected chi connectivity index (χ4v) is 3.94. The van der Waals surface area contributed by atoms with Crippen LogP contribution in [0.3, 0.4) is 0 Å². The SMILES string of the molecule is O=C(CCCc1cnc[nH]1)C(O)c1ccc(-c2noc(-c3onc(-c4ccccc4)c3C(F)(F)F)n2)cc1. The number of H-pyrrole nitrogens is 1. The van der Waals surface area contributed by atoms with Gasteiger partial charge in [0.15, 0.2) is 5.78 Å². The van der Waals surface area contributed by atoms with Crippen LogP contribution in [0, 0.1) is 0 Å². The van der Waals surface area contributed by atoms with Gasteiger partial charge in [0.25, 0.3) is 5.89 Å². The number of Topliss-reactive ketones (excluding diaryl/α,β-unsaturated/α-hetero) is 1. The molecule has 1 atom stereocenters. The predicted molar refractivity (Wildman–Crippen MR) is 127 cm³/mol. The molecule has 1 unspecified atom stereocenters. The van der Waals surface area contributed by atoms with E-state index in [4.69, 9.17) is 9.05 Å². The zero-order valence-corrected chi connectivity index (χ0v) is 19.6. The zero-order valence-electron chi connectivity index (χ0n) is 19.6. The van der Waals surface area contributed by atoms with Gasteiger partial charge in [-0.2, -0.15) is 18.2 Å². The van der Waals surface area contributed by atoms with E-state index in [1.807, 2.05) is 0 Å². The van der Waals surface area contributed by atoms with Crippen LogP contribution in [0.1, 0.15) is 35.8 Å². The van der Waals surface area contributed by atoms with Crippen molar-refractivity contribution in [3.8, 4) is 34.3 Å². The molecule has 0 bridgehead atoms. The summed E-state index contributed by atoms with van der Waals surface area (Å²) in [4.78, 5) is 23.3. The molecule has 0 radical (unpaired) electrons. The molecule has 0 spiro atoms. The van der Waals surface area contributed by atoms with Gasteiger partial charge in [-0.25, -0.2) is 4.98 Å². The van der Waals surface area contributed by atoms with Crippen molar-refractivity contribution in [2.45, 2.75) is 31.5 Å². The van der Waals surface area contributed by atoms with Crippen molar-refractivity contribution in [2.75, 3.05) is 0 Å². The first-order valence-corrected chi connectivity index (χ1v) is 11.6. The number of imidazole rings is 1. The second-order valence-corrected chi connectivity index (χ2v) is 8.44.